The zero-order valence-electron chi connectivity index (χ0n) is 17.9. The quantitative estimate of drug-likeness (QED) is 0.776. The van der Waals surface area contributed by atoms with Crippen molar-refractivity contribution in [2.75, 3.05) is 26.2 Å². The molecule has 1 saturated carbocycles. The number of rotatable bonds is 2. The molecule has 0 aromatic heterocycles. The van der Waals surface area contributed by atoms with Crippen molar-refractivity contribution < 1.29 is 9.13 Å². The van der Waals surface area contributed by atoms with E-state index in [4.69, 9.17) is 9.73 Å². The largest absolute Gasteiger partial charge is 0.455 e. The summed E-state index contributed by atoms with van der Waals surface area (Å²) in [6, 6.07) is 14.8. The van der Waals surface area contributed by atoms with E-state index in [0.29, 0.717) is 5.92 Å². The van der Waals surface area contributed by atoms with Gasteiger partial charge < -0.3 is 15.0 Å². The van der Waals surface area contributed by atoms with Gasteiger partial charge in [-0.3, -0.25) is 0 Å². The smallest absolute Gasteiger partial charge is 0.288 e. The third kappa shape index (κ3) is 3.43. The normalized spacial score (nSPS) is 28.1. The molecule has 1 aliphatic carbocycles. The van der Waals surface area contributed by atoms with Crippen molar-refractivity contribution in [2.45, 2.75) is 56.1 Å². The second kappa shape index (κ2) is 7.63. The molecule has 2 aromatic carbocycles. The van der Waals surface area contributed by atoms with Crippen LogP contribution in [0.15, 0.2) is 47.5 Å². The Morgan fingerprint density at radius 2 is 1.87 bits per heavy atom. The lowest BCUT2D eigenvalue weighted by molar-refractivity contribution is 0.0813. The molecule has 0 amide bonds. The van der Waals surface area contributed by atoms with Gasteiger partial charge >= 0.3 is 0 Å². The van der Waals surface area contributed by atoms with Crippen molar-refractivity contribution in [2.24, 2.45) is 4.99 Å². The van der Waals surface area contributed by atoms with Gasteiger partial charge in [0.1, 0.15) is 11.4 Å². The summed E-state index contributed by atoms with van der Waals surface area (Å²) in [6.45, 7) is 3.42. The molecular weight excluding hydrogens is 389 g/mol. The second-order valence-electron chi connectivity index (χ2n) is 9.65. The molecule has 31 heavy (non-hydrogen) atoms. The van der Waals surface area contributed by atoms with E-state index in [-0.39, 0.29) is 17.5 Å². The van der Waals surface area contributed by atoms with Gasteiger partial charge in [0.15, 0.2) is 0 Å². The number of amidine groups is 1. The first kappa shape index (κ1) is 19.3. The van der Waals surface area contributed by atoms with Crippen LogP contribution in [-0.4, -0.2) is 42.7 Å². The van der Waals surface area contributed by atoms with E-state index in [1.54, 1.807) is 12.1 Å². The minimum atomic E-state index is -0.201. The number of benzene rings is 2. The average molecular weight is 420 g/mol. The maximum atomic E-state index is 13.7. The van der Waals surface area contributed by atoms with Gasteiger partial charge in [-0.15, -0.1) is 0 Å². The van der Waals surface area contributed by atoms with Crippen molar-refractivity contribution in [1.82, 2.24) is 10.2 Å². The average Bonchev–Trinajstić information content (AvgIpc) is 3.57. The lowest BCUT2D eigenvalue weighted by atomic mass is 9.85. The van der Waals surface area contributed by atoms with Gasteiger partial charge in [-0.05, 0) is 66.1 Å². The molecule has 4 aliphatic rings. The summed E-state index contributed by atoms with van der Waals surface area (Å²) < 4.78 is 20.2. The summed E-state index contributed by atoms with van der Waals surface area (Å²) >= 11 is 0. The lowest BCUT2D eigenvalue weighted by Crippen LogP contribution is -2.44. The van der Waals surface area contributed by atoms with E-state index in [0.717, 1.165) is 50.6 Å². The van der Waals surface area contributed by atoms with Crippen molar-refractivity contribution >= 4 is 6.02 Å². The molecule has 0 bridgehead atoms. The van der Waals surface area contributed by atoms with Crippen LogP contribution in [-0.2, 0) is 11.2 Å². The Bertz CT molecular complexity index is 990. The summed E-state index contributed by atoms with van der Waals surface area (Å²) in [5.74, 6) is 0.512. The minimum Gasteiger partial charge on any atom is -0.455 e. The summed E-state index contributed by atoms with van der Waals surface area (Å²) in [5.41, 5.74) is 5.12. The maximum absolute atomic E-state index is 13.7. The number of ether oxygens (including phenoxy) is 1. The van der Waals surface area contributed by atoms with Crippen LogP contribution in [0.25, 0.3) is 0 Å². The molecule has 4 nitrogen and oxygen atoms in total. The Morgan fingerprint density at radius 3 is 2.65 bits per heavy atom. The zero-order chi connectivity index (χ0) is 20.8. The molecule has 3 heterocycles. The van der Waals surface area contributed by atoms with E-state index in [2.05, 4.69) is 28.4 Å². The SMILES string of the molecule is Fc1ccc([C@H]2c3ccc(C4CCCC4)cc3CCN2C2=NC[C@@]3(CCNC3)O2)cc1. The van der Waals surface area contributed by atoms with E-state index >= 15 is 0 Å². The third-order valence-corrected chi connectivity index (χ3v) is 7.67. The number of hydrogen-bond donors (Lipinski definition) is 1. The highest BCUT2D eigenvalue weighted by Crippen LogP contribution is 2.41. The number of aliphatic imine (C=N–C) groups is 1. The number of nitrogens with zero attached hydrogens (tertiary/aromatic N) is 2. The van der Waals surface area contributed by atoms with Crippen molar-refractivity contribution in [3.63, 3.8) is 0 Å². The van der Waals surface area contributed by atoms with Gasteiger partial charge in [0, 0.05) is 19.5 Å². The van der Waals surface area contributed by atoms with Crippen molar-refractivity contribution in [3.05, 3.63) is 70.5 Å². The lowest BCUT2D eigenvalue weighted by Gasteiger charge is -2.39. The molecule has 0 unspecified atom stereocenters. The molecule has 3 aliphatic heterocycles. The monoisotopic (exact) mass is 419 g/mol. The molecular formula is C26H30FN3O. The number of halogens is 1. The third-order valence-electron chi connectivity index (χ3n) is 7.67. The van der Waals surface area contributed by atoms with Crippen LogP contribution in [0, 0.1) is 5.82 Å². The molecule has 2 atom stereocenters. The fourth-order valence-corrected chi connectivity index (χ4v) is 5.93. The van der Waals surface area contributed by atoms with Crippen LogP contribution in [0.4, 0.5) is 4.39 Å². The first-order valence-electron chi connectivity index (χ1n) is 11.8. The molecule has 2 aromatic rings. The Morgan fingerprint density at radius 1 is 1.06 bits per heavy atom. The zero-order valence-corrected chi connectivity index (χ0v) is 17.9. The van der Waals surface area contributed by atoms with Crippen LogP contribution in [0.1, 0.15) is 66.3 Å². The van der Waals surface area contributed by atoms with Gasteiger partial charge in [-0.25, -0.2) is 9.38 Å². The molecule has 6 rings (SSSR count). The van der Waals surface area contributed by atoms with E-state index in [9.17, 15) is 4.39 Å². The predicted molar refractivity (Wildman–Crippen MR) is 120 cm³/mol. The van der Waals surface area contributed by atoms with Crippen LogP contribution >= 0.6 is 0 Å². The first-order valence-corrected chi connectivity index (χ1v) is 11.8. The predicted octanol–water partition coefficient (Wildman–Crippen LogP) is 4.55. The van der Waals surface area contributed by atoms with Gasteiger partial charge in [0.05, 0.1) is 12.6 Å². The molecule has 1 spiro atoms. The molecule has 1 N–H and O–H groups in total. The van der Waals surface area contributed by atoms with Gasteiger partial charge in [-0.2, -0.15) is 0 Å². The van der Waals surface area contributed by atoms with Gasteiger partial charge in [0.25, 0.3) is 6.02 Å². The number of fused-ring (bicyclic) bond motifs is 1. The summed E-state index contributed by atoms with van der Waals surface area (Å²) in [7, 11) is 0. The Hall–Kier alpha value is -2.40. The standard InChI is InChI=1S/C26H30FN3O/c27-22-8-5-19(6-9-22)24-23-10-7-20(18-3-1-2-4-18)15-21(23)11-14-30(24)25-29-17-26(31-25)12-13-28-16-26/h5-10,15,18,24,28H,1-4,11-14,16-17H2/t24-,26-/m0/s1. The van der Waals surface area contributed by atoms with Gasteiger partial charge in [-0.1, -0.05) is 43.2 Å². The van der Waals surface area contributed by atoms with Crippen LogP contribution in [0.2, 0.25) is 0 Å². The van der Waals surface area contributed by atoms with Crippen molar-refractivity contribution in [3.8, 4) is 0 Å². The van der Waals surface area contributed by atoms with Crippen LogP contribution in [0.5, 0.6) is 0 Å². The van der Waals surface area contributed by atoms with Crippen LogP contribution < -0.4 is 5.32 Å². The van der Waals surface area contributed by atoms with E-state index < -0.39 is 0 Å². The van der Waals surface area contributed by atoms with Gasteiger partial charge in [0.2, 0.25) is 0 Å². The number of nitrogens with one attached hydrogen (secondary N) is 1. The summed E-state index contributed by atoms with van der Waals surface area (Å²) in [6.07, 6.45) is 7.31. The summed E-state index contributed by atoms with van der Waals surface area (Å²) in [5, 5.41) is 3.42. The molecule has 2 fully saturated rings. The minimum absolute atomic E-state index is 0.00485. The topological polar surface area (TPSA) is 36.9 Å². The number of hydrogen-bond acceptors (Lipinski definition) is 4. The Kier molecular flexibility index (Phi) is 4.75. The molecule has 5 heteroatoms. The van der Waals surface area contributed by atoms with Crippen molar-refractivity contribution in [1.29, 1.82) is 0 Å². The summed E-state index contributed by atoms with van der Waals surface area (Å²) in [4.78, 5) is 7.15. The fraction of sp³-hybridized carbons (Fsp3) is 0.500. The highest BCUT2D eigenvalue weighted by atomic mass is 19.1. The first-order chi connectivity index (χ1) is 15.2. The molecule has 162 valence electrons. The van der Waals surface area contributed by atoms with E-state index in [1.165, 1.54) is 42.4 Å². The van der Waals surface area contributed by atoms with E-state index in [1.807, 2.05) is 12.1 Å². The highest BCUT2D eigenvalue weighted by molar-refractivity contribution is 5.78. The highest BCUT2D eigenvalue weighted by Gasteiger charge is 2.44. The molecule has 1 saturated heterocycles. The maximum Gasteiger partial charge on any atom is 0.288 e. The molecule has 0 radical (unpaired) electrons. The fourth-order valence-electron chi connectivity index (χ4n) is 5.93. The Balaban J connectivity index is 1.36. The van der Waals surface area contributed by atoms with Crippen LogP contribution in [0.3, 0.4) is 0 Å². The Labute approximate surface area is 183 Å². The second-order valence-corrected chi connectivity index (χ2v) is 9.65.